The minimum Gasteiger partial charge on any atom is -0.221 e. The van der Waals surface area contributed by atoms with Crippen molar-refractivity contribution in [1.29, 1.82) is 0 Å². The minimum atomic E-state index is -3.78. The largest absolute Gasteiger partial charge is 0.222 e. The second kappa shape index (κ2) is 5.10. The third kappa shape index (κ3) is 2.31. The van der Waals surface area contributed by atoms with E-state index in [2.05, 4.69) is 5.18 Å². The van der Waals surface area contributed by atoms with Crippen molar-refractivity contribution in [3.63, 3.8) is 0 Å². The van der Waals surface area contributed by atoms with Crippen LogP contribution in [0.25, 0.3) is 0 Å². The van der Waals surface area contributed by atoms with Crippen molar-refractivity contribution in [2.24, 2.45) is 5.18 Å². The fraction of sp³-hybridized carbons (Fsp3) is 0.0769. The minimum absolute atomic E-state index is 0.0958. The summed E-state index contributed by atoms with van der Waals surface area (Å²) in [6.07, 6.45) is 0. The molecular weight excluding hydrogens is 250 g/mol. The molecule has 0 amide bonds. The van der Waals surface area contributed by atoms with Crippen molar-refractivity contribution >= 4 is 9.84 Å². The lowest BCUT2D eigenvalue weighted by Gasteiger charge is -2.10. The van der Waals surface area contributed by atoms with E-state index in [9.17, 15) is 13.3 Å². The van der Waals surface area contributed by atoms with Crippen LogP contribution in [0.5, 0.6) is 0 Å². The summed E-state index contributed by atoms with van der Waals surface area (Å²) < 4.78 is 24.5. The average molecular weight is 261 g/mol. The summed E-state index contributed by atoms with van der Waals surface area (Å²) in [5.41, 5.74) is 0.372. The van der Waals surface area contributed by atoms with Crippen molar-refractivity contribution < 1.29 is 8.42 Å². The van der Waals surface area contributed by atoms with E-state index in [-0.39, 0.29) is 4.90 Å². The van der Waals surface area contributed by atoms with Gasteiger partial charge in [0.15, 0.2) is 0 Å². The number of hydrogen-bond acceptors (Lipinski definition) is 4. The van der Waals surface area contributed by atoms with Gasteiger partial charge in [-0.2, -0.15) is 0 Å². The van der Waals surface area contributed by atoms with Crippen LogP contribution in [-0.4, -0.2) is 8.42 Å². The van der Waals surface area contributed by atoms with E-state index in [4.69, 9.17) is 0 Å². The van der Waals surface area contributed by atoms with Gasteiger partial charge in [-0.3, -0.25) is 0 Å². The van der Waals surface area contributed by atoms with Crippen molar-refractivity contribution in [1.82, 2.24) is 0 Å². The molecule has 0 aliphatic heterocycles. The van der Waals surface area contributed by atoms with Gasteiger partial charge in [-0.15, -0.1) is 4.91 Å². The number of benzene rings is 2. The normalized spacial score (nSPS) is 12.9. The fourth-order valence-electron chi connectivity index (χ4n) is 1.65. The second-order valence-corrected chi connectivity index (χ2v) is 5.73. The summed E-state index contributed by atoms with van der Waals surface area (Å²) in [4.78, 5) is 11.0. The first kappa shape index (κ1) is 12.4. The van der Waals surface area contributed by atoms with Crippen LogP contribution in [0.15, 0.2) is 70.7 Å². The molecule has 2 aromatic carbocycles. The van der Waals surface area contributed by atoms with Crippen LogP contribution in [0.4, 0.5) is 0 Å². The smallest absolute Gasteiger partial charge is 0.221 e. The molecular formula is C13H11NO3S. The third-order valence-electron chi connectivity index (χ3n) is 2.55. The SMILES string of the molecule is O=NC(c1ccccc1)S(=O)(=O)c1ccccc1. The molecule has 5 heteroatoms. The average Bonchev–Trinajstić information content (AvgIpc) is 2.41. The molecule has 0 N–H and O–H groups in total. The second-order valence-electron chi connectivity index (χ2n) is 3.73. The Morgan fingerprint density at radius 1 is 0.833 bits per heavy atom. The number of sulfone groups is 1. The summed E-state index contributed by atoms with van der Waals surface area (Å²) in [5.74, 6) is 0. The van der Waals surface area contributed by atoms with Gasteiger partial charge in [0.25, 0.3) is 0 Å². The summed E-state index contributed by atoms with van der Waals surface area (Å²) in [6.45, 7) is 0. The maximum atomic E-state index is 12.3. The van der Waals surface area contributed by atoms with Crippen molar-refractivity contribution in [3.8, 4) is 0 Å². The molecule has 2 rings (SSSR count). The Hall–Kier alpha value is -2.01. The van der Waals surface area contributed by atoms with Crippen LogP contribution in [0.1, 0.15) is 10.9 Å². The zero-order valence-corrected chi connectivity index (χ0v) is 10.2. The molecule has 0 aromatic heterocycles. The van der Waals surface area contributed by atoms with Gasteiger partial charge in [0.1, 0.15) is 0 Å². The highest BCUT2D eigenvalue weighted by molar-refractivity contribution is 7.91. The highest BCUT2D eigenvalue weighted by atomic mass is 32.2. The lowest BCUT2D eigenvalue weighted by atomic mass is 10.2. The Morgan fingerprint density at radius 2 is 1.33 bits per heavy atom. The monoisotopic (exact) mass is 261 g/mol. The predicted octanol–water partition coefficient (Wildman–Crippen LogP) is 2.93. The van der Waals surface area contributed by atoms with Gasteiger partial charge in [-0.1, -0.05) is 48.5 Å². The van der Waals surface area contributed by atoms with Gasteiger partial charge in [0.2, 0.25) is 15.2 Å². The molecule has 0 spiro atoms. The summed E-state index contributed by atoms with van der Waals surface area (Å²) in [7, 11) is -3.78. The van der Waals surface area contributed by atoms with Crippen LogP contribution in [0.3, 0.4) is 0 Å². The van der Waals surface area contributed by atoms with Crippen molar-refractivity contribution in [2.75, 3.05) is 0 Å². The van der Waals surface area contributed by atoms with E-state index in [0.29, 0.717) is 5.56 Å². The highest BCUT2D eigenvalue weighted by Gasteiger charge is 2.29. The molecule has 0 radical (unpaired) electrons. The topological polar surface area (TPSA) is 63.6 Å². The molecule has 1 unspecified atom stereocenters. The Kier molecular flexibility index (Phi) is 3.53. The van der Waals surface area contributed by atoms with Gasteiger partial charge < -0.3 is 0 Å². The molecule has 1 atom stereocenters. The number of hydrogen-bond donors (Lipinski definition) is 0. The third-order valence-corrected chi connectivity index (χ3v) is 4.42. The summed E-state index contributed by atoms with van der Waals surface area (Å²) >= 11 is 0. The molecule has 0 heterocycles. The molecule has 92 valence electrons. The van der Waals surface area contributed by atoms with E-state index < -0.39 is 15.2 Å². The summed E-state index contributed by atoms with van der Waals surface area (Å²) in [6, 6.07) is 16.1. The standard InChI is InChI=1S/C13H11NO3S/c15-14-13(11-7-3-1-4-8-11)18(16,17)12-9-5-2-6-10-12/h1-10,13H. The maximum absolute atomic E-state index is 12.3. The van der Waals surface area contributed by atoms with Gasteiger partial charge in [-0.05, 0) is 22.9 Å². The first-order valence-electron chi connectivity index (χ1n) is 5.32. The van der Waals surface area contributed by atoms with Gasteiger partial charge in [-0.25, -0.2) is 8.42 Å². The van der Waals surface area contributed by atoms with E-state index >= 15 is 0 Å². The molecule has 0 aliphatic carbocycles. The van der Waals surface area contributed by atoms with E-state index in [0.717, 1.165) is 0 Å². The molecule has 0 aliphatic rings. The van der Waals surface area contributed by atoms with Crippen LogP contribution in [0.2, 0.25) is 0 Å². The quantitative estimate of drug-likeness (QED) is 0.795. The first-order chi connectivity index (χ1) is 8.66. The highest BCUT2D eigenvalue weighted by Crippen LogP contribution is 2.29. The van der Waals surface area contributed by atoms with Crippen molar-refractivity contribution in [2.45, 2.75) is 10.3 Å². The van der Waals surface area contributed by atoms with Crippen LogP contribution < -0.4 is 0 Å². The lowest BCUT2D eigenvalue weighted by molar-refractivity contribution is 0.583. The maximum Gasteiger partial charge on any atom is 0.222 e. The number of rotatable bonds is 4. The van der Waals surface area contributed by atoms with Gasteiger partial charge in [0.05, 0.1) is 4.90 Å². The van der Waals surface area contributed by atoms with E-state index in [1.807, 2.05) is 0 Å². The first-order valence-corrected chi connectivity index (χ1v) is 6.87. The zero-order valence-electron chi connectivity index (χ0n) is 9.43. The van der Waals surface area contributed by atoms with Crippen LogP contribution >= 0.6 is 0 Å². The lowest BCUT2D eigenvalue weighted by Crippen LogP contribution is -2.11. The number of nitroso groups, excluding NO2 is 1. The Bertz CT molecular complexity index is 624. The van der Waals surface area contributed by atoms with Gasteiger partial charge >= 0.3 is 0 Å². The molecule has 0 saturated heterocycles. The predicted molar refractivity (Wildman–Crippen MR) is 68.6 cm³/mol. The van der Waals surface area contributed by atoms with E-state index in [1.54, 1.807) is 48.5 Å². The molecule has 0 bridgehead atoms. The Balaban J connectivity index is 2.49. The zero-order chi connectivity index (χ0) is 13.0. The van der Waals surface area contributed by atoms with Crippen LogP contribution in [-0.2, 0) is 9.84 Å². The Labute approximate surface area is 105 Å². The van der Waals surface area contributed by atoms with Gasteiger partial charge in [0, 0.05) is 0 Å². The molecule has 4 nitrogen and oxygen atoms in total. The molecule has 18 heavy (non-hydrogen) atoms. The van der Waals surface area contributed by atoms with Crippen LogP contribution in [0, 0.1) is 4.91 Å². The fourth-order valence-corrected chi connectivity index (χ4v) is 3.08. The molecule has 0 fully saturated rings. The molecule has 0 saturated carbocycles. The van der Waals surface area contributed by atoms with E-state index in [1.165, 1.54) is 12.1 Å². The Morgan fingerprint density at radius 3 is 1.83 bits per heavy atom. The molecule has 2 aromatic rings. The number of nitrogens with zero attached hydrogens (tertiary/aromatic N) is 1. The summed E-state index contributed by atoms with van der Waals surface area (Å²) in [5, 5.41) is 1.37. The van der Waals surface area contributed by atoms with Crippen molar-refractivity contribution in [3.05, 3.63) is 71.1 Å².